The number of fused-ring (bicyclic) bond motifs is 3. The van der Waals surface area contributed by atoms with Gasteiger partial charge in [0.25, 0.3) is 5.91 Å². The summed E-state index contributed by atoms with van der Waals surface area (Å²) in [6.45, 7) is 13.2. The van der Waals surface area contributed by atoms with E-state index in [9.17, 15) is 33.6 Å². The Kier molecular flexibility index (Phi) is 21.9. The Hall–Kier alpha value is -6.86. The fourth-order valence-corrected chi connectivity index (χ4v) is 10.8. The number of carboxylic acids is 3. The fraction of sp³-hybridized carbons (Fsp3) is 0.500. The molecule has 5 N–H and O–H groups in total. The lowest BCUT2D eigenvalue weighted by Gasteiger charge is -2.41. The number of carbonyl (C=O) groups is 7. The second kappa shape index (κ2) is 28.7. The number of nitrogens with zero attached hydrogens (tertiary/aromatic N) is 8. The van der Waals surface area contributed by atoms with Crippen molar-refractivity contribution in [2.75, 3.05) is 124 Å². The molecule has 3 aromatic carbocycles. The maximum Gasteiger partial charge on any atom is 0.317 e. The molecule has 23 nitrogen and oxygen atoms in total. The number of benzene rings is 3. The van der Waals surface area contributed by atoms with E-state index in [1.165, 1.54) is 0 Å². The zero-order chi connectivity index (χ0) is 58.4. The number of rotatable bonds is 17. The fourth-order valence-electron chi connectivity index (χ4n) is 10.3. The minimum Gasteiger partial charge on any atom is -0.496 e. The highest BCUT2D eigenvalue weighted by molar-refractivity contribution is 6.34. The topological polar surface area (TPSA) is 269 Å². The molecule has 3 saturated heterocycles. The van der Waals surface area contributed by atoms with Crippen molar-refractivity contribution in [3.05, 3.63) is 75.9 Å². The summed E-state index contributed by atoms with van der Waals surface area (Å²) in [7, 11) is 1.57. The number of hydrogen-bond acceptors (Lipinski definition) is 15. The van der Waals surface area contributed by atoms with Crippen LogP contribution in [0.2, 0.25) is 10.0 Å². The predicted molar refractivity (Wildman–Crippen MR) is 302 cm³/mol. The van der Waals surface area contributed by atoms with Crippen LogP contribution in [0.5, 0.6) is 11.5 Å². The van der Waals surface area contributed by atoms with Gasteiger partial charge in [0.1, 0.15) is 18.1 Å². The Bertz CT molecular complexity index is 2860. The molecular weight excluding hydrogens is 1090 g/mol. The molecule has 0 saturated carbocycles. The number of aliphatic carboxylic acids is 3. The molecule has 4 amide bonds. The number of carbonyl (C=O) groups excluding carboxylic acids is 4. The molecule has 0 radical (unpaired) electrons. The number of carboxylic acid groups (broad SMARTS) is 3. The van der Waals surface area contributed by atoms with Gasteiger partial charge in [-0.3, -0.25) is 48.3 Å². The van der Waals surface area contributed by atoms with E-state index in [0.29, 0.717) is 153 Å². The SMILES string of the molecule is CCN1CCN(CC(=O)O)CCN(CC(=O)O)CCN(CC(=O)O)CC1.COc1cc2c(cc1-c1cccc(NC(=O)CCC(=O)NC3CCN(C=O)CC3)c1)-c1c(c(C(=O)N3CCOCC3(C)C)nn1-c1cc(Cl)cc(Cl)c1)CO2. The van der Waals surface area contributed by atoms with Gasteiger partial charge in [-0.05, 0) is 75.2 Å². The summed E-state index contributed by atoms with van der Waals surface area (Å²) >= 11 is 12.9. The van der Waals surface area contributed by atoms with E-state index in [0.717, 1.165) is 18.5 Å². The van der Waals surface area contributed by atoms with Crippen molar-refractivity contribution >= 4 is 70.9 Å². The highest BCUT2D eigenvalue weighted by atomic mass is 35.5. The molecule has 438 valence electrons. The van der Waals surface area contributed by atoms with E-state index in [4.69, 9.17) is 57.8 Å². The molecule has 4 aromatic rings. The van der Waals surface area contributed by atoms with E-state index in [1.807, 2.05) is 54.8 Å². The predicted octanol–water partition coefficient (Wildman–Crippen LogP) is 4.60. The second-order valence-corrected chi connectivity index (χ2v) is 21.8. The summed E-state index contributed by atoms with van der Waals surface area (Å²) in [5, 5.41) is 38.9. The maximum absolute atomic E-state index is 14.3. The summed E-state index contributed by atoms with van der Waals surface area (Å²) in [6.07, 6.45) is 2.25. The average Bonchev–Trinajstić information content (AvgIpc) is 3.76. The van der Waals surface area contributed by atoms with Gasteiger partial charge >= 0.3 is 17.9 Å². The Labute approximate surface area is 480 Å². The van der Waals surface area contributed by atoms with Crippen LogP contribution in [0.4, 0.5) is 5.69 Å². The number of amides is 4. The van der Waals surface area contributed by atoms with Crippen LogP contribution in [0.3, 0.4) is 0 Å². The van der Waals surface area contributed by atoms with Crippen LogP contribution < -0.4 is 20.1 Å². The molecule has 0 aliphatic carbocycles. The Morgan fingerprint density at radius 2 is 1.33 bits per heavy atom. The number of aromatic nitrogens is 2. The molecule has 81 heavy (non-hydrogen) atoms. The van der Waals surface area contributed by atoms with E-state index < -0.39 is 23.4 Å². The summed E-state index contributed by atoms with van der Waals surface area (Å²) in [4.78, 5) is 95.1. The van der Waals surface area contributed by atoms with Crippen LogP contribution in [0.1, 0.15) is 62.5 Å². The van der Waals surface area contributed by atoms with E-state index >= 15 is 0 Å². The lowest BCUT2D eigenvalue weighted by molar-refractivity contribution is -0.140. The first-order chi connectivity index (χ1) is 38.7. The number of likely N-dealkylation sites (tertiary alicyclic amines) is 1. The lowest BCUT2D eigenvalue weighted by atomic mass is 9.95. The normalized spacial score (nSPS) is 17.6. The van der Waals surface area contributed by atoms with Crippen molar-refractivity contribution in [3.8, 4) is 39.6 Å². The monoisotopic (exact) mass is 1160 g/mol. The number of morpholine rings is 1. The van der Waals surface area contributed by atoms with Crippen molar-refractivity contribution in [2.24, 2.45) is 0 Å². The number of halogens is 2. The molecule has 4 aliphatic rings. The molecule has 1 aromatic heterocycles. The van der Waals surface area contributed by atoms with Crippen molar-refractivity contribution in [1.82, 2.24) is 44.5 Å². The van der Waals surface area contributed by atoms with Crippen molar-refractivity contribution in [1.29, 1.82) is 0 Å². The van der Waals surface area contributed by atoms with E-state index in [2.05, 4.69) is 15.5 Å². The summed E-state index contributed by atoms with van der Waals surface area (Å²) in [5.41, 5.74) is 4.19. The van der Waals surface area contributed by atoms with Crippen LogP contribution in [-0.4, -0.2) is 227 Å². The minimum absolute atomic E-state index is 0.00568. The molecule has 8 rings (SSSR count). The van der Waals surface area contributed by atoms with Crippen LogP contribution in [0, 0.1) is 0 Å². The van der Waals surface area contributed by atoms with Crippen molar-refractivity contribution in [3.63, 3.8) is 0 Å². The molecule has 0 unspecified atom stereocenters. The molecule has 3 fully saturated rings. The van der Waals surface area contributed by atoms with Gasteiger partial charge in [0.05, 0.1) is 56.9 Å². The number of ether oxygens (including phenoxy) is 3. The van der Waals surface area contributed by atoms with Gasteiger partial charge in [0.15, 0.2) is 5.69 Å². The molecule has 0 atom stereocenters. The smallest absolute Gasteiger partial charge is 0.317 e. The summed E-state index contributed by atoms with van der Waals surface area (Å²) < 4.78 is 19.5. The first-order valence-corrected chi connectivity index (χ1v) is 27.8. The van der Waals surface area contributed by atoms with Gasteiger partial charge in [-0.1, -0.05) is 42.3 Å². The number of hydrogen-bond donors (Lipinski definition) is 5. The first kappa shape index (κ1) is 61.8. The highest BCUT2D eigenvalue weighted by Gasteiger charge is 2.39. The summed E-state index contributed by atoms with van der Waals surface area (Å²) in [6, 6.07) is 16.1. The van der Waals surface area contributed by atoms with Crippen molar-refractivity contribution in [2.45, 2.75) is 64.6 Å². The second-order valence-electron chi connectivity index (χ2n) is 20.9. The standard InChI is InChI=1S/C40H42Cl2N6O7.C16H30N4O6/c1-40(2)22-54-14-13-47(40)39(52)37-32-21-55-34-20-33(53-3)30(19-31(34)38(32)48(45-37)29-17-25(41)16-26(42)18-29)24-5-4-6-28(15-24)44-36(51)8-7-35(50)43-27-9-11-46(23-49)12-10-27;1-2-17-3-5-18(11-14(21)22)7-9-20(13-16(25)26)10-8-19(6-4-17)12-15(23)24/h4-6,15-20,23,27H,7-14,21-22H2,1-3H3,(H,43,50)(H,44,51);2-13H2,1H3,(H,21,22)(H,23,24)(H,25,26). The third-order valence-electron chi connectivity index (χ3n) is 14.6. The zero-order valence-corrected chi connectivity index (χ0v) is 47.7. The van der Waals surface area contributed by atoms with Crippen LogP contribution >= 0.6 is 23.2 Å². The third kappa shape index (κ3) is 17.1. The molecule has 5 heterocycles. The number of likely N-dealkylation sites (N-methyl/N-ethyl adjacent to an activating group) is 1. The number of anilines is 1. The van der Waals surface area contributed by atoms with Gasteiger partial charge in [0, 0.05) is 129 Å². The van der Waals surface area contributed by atoms with E-state index in [-0.39, 0.29) is 68.5 Å². The van der Waals surface area contributed by atoms with E-state index in [1.54, 1.807) is 56.8 Å². The number of methoxy groups -OCH3 is 1. The van der Waals surface area contributed by atoms with Gasteiger partial charge < -0.3 is 54.9 Å². The molecule has 0 spiro atoms. The quantitative estimate of drug-likeness (QED) is 0.0904. The van der Waals surface area contributed by atoms with Gasteiger partial charge in [-0.25, -0.2) is 4.68 Å². The zero-order valence-electron chi connectivity index (χ0n) is 46.2. The first-order valence-electron chi connectivity index (χ1n) is 27.0. The van der Waals surface area contributed by atoms with Gasteiger partial charge in [0.2, 0.25) is 18.2 Å². The Morgan fingerprint density at radius 3 is 1.88 bits per heavy atom. The molecule has 25 heteroatoms. The van der Waals surface area contributed by atoms with Crippen LogP contribution in [0.25, 0.3) is 28.1 Å². The van der Waals surface area contributed by atoms with Crippen LogP contribution in [0.15, 0.2) is 54.6 Å². The average molecular weight is 1160 g/mol. The largest absolute Gasteiger partial charge is 0.496 e. The van der Waals surface area contributed by atoms with Crippen molar-refractivity contribution < 1.29 is 63.1 Å². The Balaban J connectivity index is 0.000000307. The Morgan fingerprint density at radius 1 is 0.753 bits per heavy atom. The summed E-state index contributed by atoms with van der Waals surface area (Å²) in [5.74, 6) is -2.44. The number of piperidine rings is 1. The van der Waals surface area contributed by atoms with Gasteiger partial charge in [-0.2, -0.15) is 5.10 Å². The number of nitrogens with one attached hydrogen (secondary N) is 2. The lowest BCUT2D eigenvalue weighted by Crippen LogP contribution is -2.55. The van der Waals surface area contributed by atoms with Crippen LogP contribution in [-0.2, 0) is 40.1 Å². The molecule has 4 aliphatic heterocycles. The molecule has 0 bridgehead atoms. The highest BCUT2D eigenvalue weighted by Crippen LogP contribution is 2.47. The minimum atomic E-state index is -0.955. The van der Waals surface area contributed by atoms with Gasteiger partial charge in [-0.15, -0.1) is 0 Å². The maximum atomic E-state index is 14.3. The molecular formula is C56H72Cl2N10O13. The third-order valence-corrected chi connectivity index (χ3v) is 15.1.